The predicted octanol–water partition coefficient (Wildman–Crippen LogP) is 2.94. The first kappa shape index (κ1) is 15.6. The Morgan fingerprint density at radius 2 is 1.88 bits per heavy atom. The molecule has 0 spiro atoms. The van der Waals surface area contributed by atoms with Gasteiger partial charge in [-0.25, -0.2) is 8.93 Å². The SMILES string of the molecule is C=CC[C@H](CC(F)(F)F)N[S@@](=O)C(C)(C)C. The molecule has 1 N–H and O–H groups in total. The second kappa shape index (κ2) is 5.82. The molecule has 0 bridgehead atoms. The number of hydrogen-bond donors (Lipinski definition) is 1. The van der Waals surface area contributed by atoms with Gasteiger partial charge in [-0.2, -0.15) is 13.2 Å². The van der Waals surface area contributed by atoms with Crippen molar-refractivity contribution in [3.63, 3.8) is 0 Å². The number of nitrogens with one attached hydrogen (secondary N) is 1. The largest absolute Gasteiger partial charge is 0.390 e. The Hall–Kier alpha value is -0.360. The lowest BCUT2D eigenvalue weighted by Gasteiger charge is -2.24. The van der Waals surface area contributed by atoms with Crippen LogP contribution in [0.15, 0.2) is 12.7 Å². The first-order valence-corrected chi connectivity index (χ1v) is 6.07. The molecular formula is C10H18F3NOS. The fraction of sp³-hybridized carbons (Fsp3) is 0.800. The van der Waals surface area contributed by atoms with E-state index in [1.165, 1.54) is 6.08 Å². The summed E-state index contributed by atoms with van der Waals surface area (Å²) in [5.41, 5.74) is 0. The van der Waals surface area contributed by atoms with Crippen LogP contribution in [-0.2, 0) is 11.0 Å². The van der Waals surface area contributed by atoms with Crippen LogP contribution in [0.25, 0.3) is 0 Å². The highest BCUT2D eigenvalue weighted by Crippen LogP contribution is 2.23. The third-order valence-corrected chi connectivity index (χ3v) is 3.42. The van der Waals surface area contributed by atoms with E-state index in [9.17, 15) is 17.4 Å². The Kier molecular flexibility index (Phi) is 5.69. The van der Waals surface area contributed by atoms with E-state index in [1.54, 1.807) is 20.8 Å². The normalized spacial score (nSPS) is 16.9. The summed E-state index contributed by atoms with van der Waals surface area (Å²) in [5.74, 6) is 0. The Morgan fingerprint density at radius 1 is 1.38 bits per heavy atom. The van der Waals surface area contributed by atoms with Crippen LogP contribution >= 0.6 is 0 Å². The van der Waals surface area contributed by atoms with Crippen LogP contribution < -0.4 is 4.72 Å². The number of hydrogen-bond acceptors (Lipinski definition) is 1. The van der Waals surface area contributed by atoms with Crippen LogP contribution in [0.5, 0.6) is 0 Å². The molecule has 0 rings (SSSR count). The van der Waals surface area contributed by atoms with Gasteiger partial charge >= 0.3 is 6.18 Å². The molecule has 0 amide bonds. The van der Waals surface area contributed by atoms with Crippen LogP contribution in [0.3, 0.4) is 0 Å². The van der Waals surface area contributed by atoms with Crippen LogP contribution in [-0.4, -0.2) is 21.2 Å². The van der Waals surface area contributed by atoms with Gasteiger partial charge in [-0.05, 0) is 27.2 Å². The van der Waals surface area contributed by atoms with Crippen LogP contribution in [0.4, 0.5) is 13.2 Å². The zero-order chi connectivity index (χ0) is 13.0. The third kappa shape index (κ3) is 7.00. The summed E-state index contributed by atoms with van der Waals surface area (Å²) in [6, 6.07) is -0.877. The van der Waals surface area contributed by atoms with Gasteiger partial charge in [-0.1, -0.05) is 6.08 Å². The van der Waals surface area contributed by atoms with Crippen molar-refractivity contribution < 1.29 is 17.4 Å². The molecule has 0 unspecified atom stereocenters. The summed E-state index contributed by atoms with van der Waals surface area (Å²) in [6.45, 7) is 8.50. The predicted molar refractivity (Wildman–Crippen MR) is 60.3 cm³/mol. The van der Waals surface area contributed by atoms with Gasteiger partial charge in [0.2, 0.25) is 0 Å². The van der Waals surface area contributed by atoms with Gasteiger partial charge in [0.05, 0.1) is 22.2 Å². The molecule has 0 saturated heterocycles. The van der Waals surface area contributed by atoms with Gasteiger partial charge in [0, 0.05) is 6.04 Å². The summed E-state index contributed by atoms with van der Waals surface area (Å²) in [5, 5.41) is 0. The van der Waals surface area contributed by atoms with Gasteiger partial charge < -0.3 is 0 Å². The molecule has 16 heavy (non-hydrogen) atoms. The lowest BCUT2D eigenvalue weighted by molar-refractivity contribution is -0.138. The van der Waals surface area contributed by atoms with Crippen molar-refractivity contribution in [3.8, 4) is 0 Å². The molecule has 0 aliphatic carbocycles. The zero-order valence-corrected chi connectivity index (χ0v) is 10.5. The van der Waals surface area contributed by atoms with E-state index in [1.807, 2.05) is 0 Å². The summed E-state index contributed by atoms with van der Waals surface area (Å²) in [7, 11) is -1.50. The average molecular weight is 257 g/mol. The van der Waals surface area contributed by atoms with E-state index in [0.717, 1.165) is 0 Å². The second-order valence-electron chi connectivity index (χ2n) is 4.54. The molecule has 2 atom stereocenters. The summed E-state index contributed by atoms with van der Waals surface area (Å²) in [6.07, 6.45) is -3.73. The van der Waals surface area contributed by atoms with Crippen molar-refractivity contribution in [1.82, 2.24) is 4.72 Å². The molecule has 0 aromatic heterocycles. The van der Waals surface area contributed by atoms with E-state index in [0.29, 0.717) is 0 Å². The molecule has 6 heteroatoms. The highest BCUT2D eigenvalue weighted by molar-refractivity contribution is 7.84. The van der Waals surface area contributed by atoms with Crippen molar-refractivity contribution in [2.45, 2.75) is 50.6 Å². The molecule has 0 aliphatic heterocycles. The van der Waals surface area contributed by atoms with Crippen LogP contribution in [0.1, 0.15) is 33.6 Å². The van der Waals surface area contributed by atoms with Crippen LogP contribution in [0.2, 0.25) is 0 Å². The van der Waals surface area contributed by atoms with Crippen molar-refractivity contribution in [2.24, 2.45) is 0 Å². The molecule has 2 nitrogen and oxygen atoms in total. The molecule has 0 heterocycles. The Morgan fingerprint density at radius 3 is 2.19 bits per heavy atom. The maximum atomic E-state index is 12.2. The standard InChI is InChI=1S/C10H18F3NOS/c1-5-6-8(7-10(11,12)13)14-16(15)9(2,3)4/h5,8,14H,1,6-7H2,2-4H3/t8-,16+/m1/s1. The molecule has 0 aliphatic rings. The fourth-order valence-corrected chi connectivity index (χ4v) is 1.82. The van der Waals surface area contributed by atoms with Crippen molar-refractivity contribution in [1.29, 1.82) is 0 Å². The average Bonchev–Trinajstić information content (AvgIpc) is 1.99. The van der Waals surface area contributed by atoms with Gasteiger partial charge in [-0.3, -0.25) is 0 Å². The summed E-state index contributed by atoms with van der Waals surface area (Å²) >= 11 is 0. The molecule has 0 fully saturated rings. The molecule has 0 saturated carbocycles. The van der Waals surface area contributed by atoms with E-state index in [2.05, 4.69) is 11.3 Å². The molecule has 0 radical (unpaired) electrons. The number of halogens is 3. The smallest absolute Gasteiger partial charge is 0.242 e. The van der Waals surface area contributed by atoms with E-state index in [-0.39, 0.29) is 6.42 Å². The Bertz CT molecular complexity index is 258. The number of rotatable bonds is 5. The first-order chi connectivity index (χ1) is 7.06. The maximum Gasteiger partial charge on any atom is 0.390 e. The highest BCUT2D eigenvalue weighted by Gasteiger charge is 2.33. The Balaban J connectivity index is 4.46. The second-order valence-corrected chi connectivity index (χ2v) is 6.54. The quantitative estimate of drug-likeness (QED) is 0.754. The molecular weight excluding hydrogens is 239 g/mol. The molecule has 0 aromatic rings. The third-order valence-electron chi connectivity index (χ3n) is 1.76. The maximum absolute atomic E-state index is 12.2. The van der Waals surface area contributed by atoms with E-state index < -0.39 is 34.4 Å². The fourth-order valence-electron chi connectivity index (χ4n) is 0.982. The minimum absolute atomic E-state index is 0.140. The van der Waals surface area contributed by atoms with E-state index in [4.69, 9.17) is 0 Å². The monoisotopic (exact) mass is 257 g/mol. The van der Waals surface area contributed by atoms with Gasteiger partial charge in [0.25, 0.3) is 0 Å². The van der Waals surface area contributed by atoms with Gasteiger partial charge in [0.15, 0.2) is 0 Å². The topological polar surface area (TPSA) is 29.1 Å². The molecule has 0 aromatic carbocycles. The summed E-state index contributed by atoms with van der Waals surface area (Å²) < 4.78 is 50.2. The summed E-state index contributed by atoms with van der Waals surface area (Å²) in [4.78, 5) is 0. The minimum atomic E-state index is -4.26. The van der Waals surface area contributed by atoms with Crippen LogP contribution in [0, 0.1) is 0 Å². The molecule has 96 valence electrons. The lowest BCUT2D eigenvalue weighted by Crippen LogP contribution is -2.41. The van der Waals surface area contributed by atoms with Gasteiger partial charge in [-0.15, -0.1) is 6.58 Å². The van der Waals surface area contributed by atoms with Crippen molar-refractivity contribution in [2.75, 3.05) is 0 Å². The van der Waals surface area contributed by atoms with Crippen molar-refractivity contribution >= 4 is 11.0 Å². The minimum Gasteiger partial charge on any atom is -0.242 e. The zero-order valence-electron chi connectivity index (χ0n) is 9.73. The highest BCUT2D eigenvalue weighted by atomic mass is 32.2. The first-order valence-electron chi connectivity index (χ1n) is 4.92. The number of alkyl halides is 3. The van der Waals surface area contributed by atoms with E-state index >= 15 is 0 Å². The Labute approximate surface area is 96.9 Å². The lowest BCUT2D eigenvalue weighted by atomic mass is 10.1. The van der Waals surface area contributed by atoms with Crippen molar-refractivity contribution in [3.05, 3.63) is 12.7 Å². The van der Waals surface area contributed by atoms with Gasteiger partial charge in [0.1, 0.15) is 0 Å².